The van der Waals surface area contributed by atoms with Crippen LogP contribution in [-0.4, -0.2) is 33.6 Å². The summed E-state index contributed by atoms with van der Waals surface area (Å²) in [7, 11) is 0. The first-order chi connectivity index (χ1) is 11.5. The lowest BCUT2D eigenvalue weighted by atomic mass is 9.66. The van der Waals surface area contributed by atoms with Crippen LogP contribution in [-0.2, 0) is 0 Å². The third-order valence-electron chi connectivity index (χ3n) is 5.27. The molecule has 0 bridgehead atoms. The Kier molecular flexibility index (Phi) is 4.02. The number of amides is 1. The van der Waals surface area contributed by atoms with Gasteiger partial charge >= 0.3 is 12.1 Å². The molecule has 1 N–H and O–H groups in total. The van der Waals surface area contributed by atoms with E-state index < -0.39 is 23.7 Å². The van der Waals surface area contributed by atoms with Gasteiger partial charge in [-0.15, -0.1) is 0 Å². The number of hydrogen-bond acceptors (Lipinski definition) is 4. The summed E-state index contributed by atoms with van der Waals surface area (Å²) in [5.41, 5.74) is -3.33. The van der Waals surface area contributed by atoms with Crippen LogP contribution in [0.3, 0.4) is 0 Å². The molecule has 0 radical (unpaired) electrons. The average molecular weight is 358 g/mol. The van der Waals surface area contributed by atoms with Gasteiger partial charge in [-0.1, -0.05) is 20.8 Å². The van der Waals surface area contributed by atoms with Gasteiger partial charge in [-0.3, -0.25) is 4.79 Å². The maximum atomic E-state index is 13.8. The van der Waals surface area contributed by atoms with Crippen molar-refractivity contribution in [1.29, 1.82) is 0 Å². The molecule has 3 atom stereocenters. The summed E-state index contributed by atoms with van der Waals surface area (Å²) in [5, 5.41) is 14.7. The van der Waals surface area contributed by atoms with Crippen LogP contribution < -0.4 is 0 Å². The van der Waals surface area contributed by atoms with Crippen LogP contribution in [0.2, 0.25) is 0 Å². The summed E-state index contributed by atoms with van der Waals surface area (Å²) in [6, 6.07) is 2.64. The van der Waals surface area contributed by atoms with E-state index in [4.69, 9.17) is 4.42 Å². The minimum atomic E-state index is -5.04. The molecule has 2 heterocycles. The van der Waals surface area contributed by atoms with E-state index in [1.807, 2.05) is 20.8 Å². The van der Waals surface area contributed by atoms with Crippen LogP contribution in [0.5, 0.6) is 0 Å². The number of aliphatic hydroxyl groups is 1. The smallest absolute Gasteiger partial charge is 0.439 e. The number of halogens is 3. The lowest BCUT2D eigenvalue weighted by molar-refractivity contribution is -0.314. The number of alkyl halides is 3. The van der Waals surface area contributed by atoms with E-state index in [9.17, 15) is 23.1 Å². The maximum Gasteiger partial charge on any atom is 0.439 e. The molecule has 1 aliphatic carbocycles. The molecule has 0 spiro atoms. The number of carbonyl (C=O) groups excluding carboxylic acids is 1. The molecule has 25 heavy (non-hydrogen) atoms. The SMILES string of the molecule is CC(C)(C)[C@@H]1CCC2=NN(C(=O)c3ccco3)[C@@](O)(C(F)(F)F)[C@H]2C1. The van der Waals surface area contributed by atoms with Gasteiger partial charge in [0.1, 0.15) is 0 Å². The largest absolute Gasteiger partial charge is 0.459 e. The van der Waals surface area contributed by atoms with Gasteiger partial charge in [0.2, 0.25) is 0 Å². The Morgan fingerprint density at radius 2 is 2.08 bits per heavy atom. The maximum absolute atomic E-state index is 13.8. The van der Waals surface area contributed by atoms with Crippen molar-refractivity contribution >= 4 is 11.6 Å². The fraction of sp³-hybridized carbons (Fsp3) is 0.647. The third-order valence-corrected chi connectivity index (χ3v) is 5.27. The zero-order chi connectivity index (χ0) is 18.6. The van der Waals surface area contributed by atoms with Crippen molar-refractivity contribution in [2.45, 2.75) is 51.9 Å². The second-order valence-electron chi connectivity index (χ2n) is 7.80. The number of nitrogens with zero attached hydrogens (tertiary/aromatic N) is 2. The van der Waals surface area contributed by atoms with E-state index >= 15 is 0 Å². The second-order valence-corrected chi connectivity index (χ2v) is 7.80. The summed E-state index contributed by atoms with van der Waals surface area (Å²) in [6.45, 7) is 5.90. The molecule has 8 heteroatoms. The van der Waals surface area contributed by atoms with Crippen molar-refractivity contribution < 1.29 is 27.5 Å². The molecular weight excluding hydrogens is 337 g/mol. The van der Waals surface area contributed by atoms with Crippen LogP contribution in [0.15, 0.2) is 27.9 Å². The molecule has 138 valence electrons. The van der Waals surface area contributed by atoms with E-state index in [1.165, 1.54) is 18.4 Å². The molecule has 3 rings (SSSR count). The van der Waals surface area contributed by atoms with Crippen molar-refractivity contribution in [2.75, 3.05) is 0 Å². The first kappa shape index (κ1) is 18.0. The van der Waals surface area contributed by atoms with Gasteiger partial charge in [0.25, 0.3) is 5.72 Å². The Hall–Kier alpha value is -1.83. The number of fused-ring (bicyclic) bond motifs is 1. The third kappa shape index (κ3) is 2.76. The zero-order valence-corrected chi connectivity index (χ0v) is 14.3. The molecule has 1 aliphatic heterocycles. The Bertz CT molecular complexity index is 691. The van der Waals surface area contributed by atoms with Gasteiger partial charge in [-0.05, 0) is 42.7 Å². The number of rotatable bonds is 1. The summed E-state index contributed by atoms with van der Waals surface area (Å²) >= 11 is 0. The summed E-state index contributed by atoms with van der Waals surface area (Å²) in [4.78, 5) is 12.5. The van der Waals surface area contributed by atoms with Crippen molar-refractivity contribution in [3.05, 3.63) is 24.2 Å². The van der Waals surface area contributed by atoms with Crippen LogP contribution in [0, 0.1) is 17.3 Å². The van der Waals surface area contributed by atoms with Gasteiger partial charge in [-0.2, -0.15) is 23.3 Å². The van der Waals surface area contributed by atoms with Gasteiger partial charge in [0.15, 0.2) is 5.76 Å². The van der Waals surface area contributed by atoms with Crippen molar-refractivity contribution in [1.82, 2.24) is 5.01 Å². The highest BCUT2D eigenvalue weighted by molar-refractivity contribution is 5.98. The quantitative estimate of drug-likeness (QED) is 0.830. The fourth-order valence-corrected chi connectivity index (χ4v) is 3.71. The van der Waals surface area contributed by atoms with Crippen molar-refractivity contribution in [3.8, 4) is 0 Å². The lowest BCUT2D eigenvalue weighted by Gasteiger charge is -2.42. The monoisotopic (exact) mass is 358 g/mol. The van der Waals surface area contributed by atoms with Crippen LogP contribution in [0.25, 0.3) is 0 Å². The molecule has 1 amide bonds. The van der Waals surface area contributed by atoms with E-state index in [0.29, 0.717) is 12.8 Å². The molecule has 0 saturated heterocycles. The Labute approximate surface area is 143 Å². The van der Waals surface area contributed by atoms with Crippen LogP contribution in [0.1, 0.15) is 50.6 Å². The normalized spacial score (nSPS) is 30.2. The molecule has 0 unspecified atom stereocenters. The highest BCUT2D eigenvalue weighted by atomic mass is 19.4. The molecule has 1 saturated carbocycles. The molecule has 2 aliphatic rings. The number of carbonyl (C=O) groups is 1. The first-order valence-electron chi connectivity index (χ1n) is 8.20. The number of furan rings is 1. The minimum absolute atomic E-state index is 0.0102. The second kappa shape index (κ2) is 5.59. The predicted octanol–water partition coefficient (Wildman–Crippen LogP) is 3.80. The zero-order valence-electron chi connectivity index (χ0n) is 14.3. The minimum Gasteiger partial charge on any atom is -0.459 e. The highest BCUT2D eigenvalue weighted by Gasteiger charge is 2.69. The first-order valence-corrected chi connectivity index (χ1v) is 8.20. The summed E-state index contributed by atoms with van der Waals surface area (Å²) in [6.07, 6.45) is -2.72. The van der Waals surface area contributed by atoms with Gasteiger partial charge in [0, 0.05) is 5.71 Å². The molecule has 1 aromatic rings. The van der Waals surface area contributed by atoms with Crippen molar-refractivity contribution in [2.24, 2.45) is 22.4 Å². The van der Waals surface area contributed by atoms with E-state index in [2.05, 4.69) is 5.10 Å². The van der Waals surface area contributed by atoms with E-state index in [-0.39, 0.29) is 34.2 Å². The van der Waals surface area contributed by atoms with Gasteiger partial charge in [-0.25, -0.2) is 0 Å². The topological polar surface area (TPSA) is 66.0 Å². The molecular formula is C17H21F3N2O3. The molecule has 5 nitrogen and oxygen atoms in total. The molecule has 1 aromatic heterocycles. The lowest BCUT2D eigenvalue weighted by Crippen LogP contribution is -2.62. The number of hydrogen-bond donors (Lipinski definition) is 1. The Balaban J connectivity index is 2.01. The Morgan fingerprint density at radius 1 is 1.40 bits per heavy atom. The average Bonchev–Trinajstić information content (AvgIpc) is 3.12. The fourth-order valence-electron chi connectivity index (χ4n) is 3.71. The van der Waals surface area contributed by atoms with Gasteiger partial charge in [0.05, 0.1) is 12.2 Å². The van der Waals surface area contributed by atoms with E-state index in [0.717, 1.165) is 0 Å². The van der Waals surface area contributed by atoms with Crippen molar-refractivity contribution in [3.63, 3.8) is 0 Å². The summed E-state index contributed by atoms with van der Waals surface area (Å²) < 4.78 is 46.4. The molecule has 1 fully saturated rings. The number of hydrazone groups is 1. The highest BCUT2D eigenvalue weighted by Crippen LogP contribution is 2.52. The molecule has 0 aromatic carbocycles. The Morgan fingerprint density at radius 3 is 2.60 bits per heavy atom. The van der Waals surface area contributed by atoms with Crippen LogP contribution >= 0.6 is 0 Å². The summed E-state index contributed by atoms with van der Waals surface area (Å²) in [5.74, 6) is -2.66. The standard InChI is InChI=1S/C17H21F3N2O3/c1-15(2,3)10-6-7-12-11(9-10)16(24,17(18,19)20)22(21-12)14(23)13-5-4-8-25-13/h4-5,8,10-11,24H,6-7,9H2,1-3H3/t10-,11+,16+/m1/s1. The van der Waals surface area contributed by atoms with Crippen LogP contribution in [0.4, 0.5) is 13.2 Å². The van der Waals surface area contributed by atoms with E-state index in [1.54, 1.807) is 0 Å². The predicted molar refractivity (Wildman–Crippen MR) is 83.6 cm³/mol. The van der Waals surface area contributed by atoms with Gasteiger partial charge < -0.3 is 9.52 Å².